The van der Waals surface area contributed by atoms with Crippen molar-refractivity contribution in [2.45, 2.75) is 26.4 Å². The van der Waals surface area contributed by atoms with Crippen LogP contribution >= 0.6 is 0 Å². The Hall–Kier alpha value is -1.95. The summed E-state index contributed by atoms with van der Waals surface area (Å²) in [6.07, 6.45) is 0.183. The number of carbonyl (C=O) groups excluding carboxylic acids is 1. The van der Waals surface area contributed by atoms with E-state index in [-0.39, 0.29) is 29.2 Å². The van der Waals surface area contributed by atoms with Gasteiger partial charge in [-0.15, -0.1) is 0 Å². The highest BCUT2D eigenvalue weighted by molar-refractivity contribution is 5.94. The van der Waals surface area contributed by atoms with Crippen molar-refractivity contribution in [3.8, 4) is 0 Å². The van der Waals surface area contributed by atoms with E-state index in [0.29, 0.717) is 25.2 Å². The van der Waals surface area contributed by atoms with Gasteiger partial charge in [0.25, 0.3) is 5.91 Å². The highest BCUT2D eigenvalue weighted by atomic mass is 16.4. The van der Waals surface area contributed by atoms with Crippen molar-refractivity contribution < 1.29 is 19.8 Å². The molecule has 20 heavy (non-hydrogen) atoms. The number of aromatic carboxylic acids is 1. The zero-order valence-corrected chi connectivity index (χ0v) is 11.5. The third kappa shape index (κ3) is 2.80. The summed E-state index contributed by atoms with van der Waals surface area (Å²) in [5.74, 6) is -1.24. The van der Waals surface area contributed by atoms with Crippen LogP contribution in [0.25, 0.3) is 0 Å². The average Bonchev–Trinajstić information content (AvgIpc) is 2.40. The van der Waals surface area contributed by atoms with Crippen molar-refractivity contribution >= 4 is 11.9 Å². The molecule has 1 aromatic heterocycles. The van der Waals surface area contributed by atoms with Gasteiger partial charge in [-0.1, -0.05) is 6.92 Å². The molecule has 1 saturated heterocycles. The number of likely N-dealkylation sites (tertiary alicyclic amines) is 1. The number of rotatable bonds is 2. The number of nitrogens with zero attached hydrogens (tertiary/aromatic N) is 2. The molecule has 0 aliphatic carbocycles. The predicted molar refractivity (Wildman–Crippen MR) is 71.6 cm³/mol. The molecule has 0 saturated carbocycles. The van der Waals surface area contributed by atoms with Gasteiger partial charge in [-0.25, -0.2) is 9.78 Å². The van der Waals surface area contributed by atoms with Crippen LogP contribution < -0.4 is 0 Å². The summed E-state index contributed by atoms with van der Waals surface area (Å²) in [5, 5.41) is 18.6. The van der Waals surface area contributed by atoms with Crippen LogP contribution in [0.15, 0.2) is 12.1 Å². The van der Waals surface area contributed by atoms with E-state index in [0.717, 1.165) is 0 Å². The van der Waals surface area contributed by atoms with Crippen LogP contribution in [-0.4, -0.2) is 51.2 Å². The van der Waals surface area contributed by atoms with Crippen LogP contribution in [-0.2, 0) is 0 Å². The summed E-state index contributed by atoms with van der Waals surface area (Å²) in [6, 6.07) is 2.84. The molecular formula is C14H18N2O4. The van der Waals surface area contributed by atoms with Gasteiger partial charge >= 0.3 is 5.97 Å². The minimum atomic E-state index is -1.05. The molecule has 0 radical (unpaired) electrons. The number of amides is 1. The smallest absolute Gasteiger partial charge is 0.337 e. The van der Waals surface area contributed by atoms with Gasteiger partial charge in [0.05, 0.1) is 17.4 Å². The monoisotopic (exact) mass is 278 g/mol. The topological polar surface area (TPSA) is 90.7 Å². The summed E-state index contributed by atoms with van der Waals surface area (Å²) in [6.45, 7) is 4.45. The molecular weight excluding hydrogens is 260 g/mol. The summed E-state index contributed by atoms with van der Waals surface area (Å²) in [4.78, 5) is 29.0. The van der Waals surface area contributed by atoms with Gasteiger partial charge in [-0.2, -0.15) is 0 Å². The number of carbonyl (C=O) groups is 2. The van der Waals surface area contributed by atoms with Crippen LogP contribution in [0.2, 0.25) is 0 Å². The minimum Gasteiger partial charge on any atom is -0.478 e. The Balaban J connectivity index is 2.17. The van der Waals surface area contributed by atoms with Crippen LogP contribution in [0.1, 0.15) is 39.9 Å². The second-order valence-electron chi connectivity index (χ2n) is 5.22. The Morgan fingerprint density at radius 2 is 2.10 bits per heavy atom. The molecule has 2 heterocycles. The lowest BCUT2D eigenvalue weighted by Crippen LogP contribution is -2.45. The maximum absolute atomic E-state index is 12.3. The van der Waals surface area contributed by atoms with Crippen molar-refractivity contribution in [1.82, 2.24) is 9.88 Å². The number of carboxylic acids is 1. The first-order valence-corrected chi connectivity index (χ1v) is 6.58. The Morgan fingerprint density at radius 3 is 2.65 bits per heavy atom. The summed E-state index contributed by atoms with van der Waals surface area (Å²) < 4.78 is 0. The Kier molecular flexibility index (Phi) is 4.04. The molecule has 1 aliphatic heterocycles. The first-order chi connectivity index (χ1) is 9.40. The van der Waals surface area contributed by atoms with Gasteiger partial charge in [0, 0.05) is 13.1 Å². The van der Waals surface area contributed by atoms with Gasteiger partial charge in [-0.05, 0) is 31.4 Å². The zero-order chi connectivity index (χ0) is 14.9. The number of pyridine rings is 1. The average molecular weight is 278 g/mol. The number of aryl methyl sites for hydroxylation is 1. The van der Waals surface area contributed by atoms with Crippen LogP contribution in [0.3, 0.4) is 0 Å². The molecule has 0 aromatic carbocycles. The fourth-order valence-corrected chi connectivity index (χ4v) is 2.39. The van der Waals surface area contributed by atoms with Gasteiger partial charge in [0.15, 0.2) is 0 Å². The minimum absolute atomic E-state index is 0.0343. The third-order valence-corrected chi connectivity index (χ3v) is 3.68. The van der Waals surface area contributed by atoms with Crippen molar-refractivity contribution in [2.75, 3.05) is 13.1 Å². The summed E-state index contributed by atoms with van der Waals surface area (Å²) in [7, 11) is 0. The fourth-order valence-electron chi connectivity index (χ4n) is 2.39. The lowest BCUT2D eigenvalue weighted by atomic mass is 9.96. The maximum atomic E-state index is 12.3. The van der Waals surface area contributed by atoms with Crippen molar-refractivity contribution in [1.29, 1.82) is 0 Å². The van der Waals surface area contributed by atoms with Crippen LogP contribution in [0, 0.1) is 12.8 Å². The van der Waals surface area contributed by atoms with E-state index in [4.69, 9.17) is 5.11 Å². The van der Waals surface area contributed by atoms with E-state index < -0.39 is 5.97 Å². The number of aromatic nitrogens is 1. The quantitative estimate of drug-likeness (QED) is 0.840. The Bertz CT molecular complexity index is 544. The molecule has 6 heteroatoms. The van der Waals surface area contributed by atoms with E-state index in [1.165, 1.54) is 12.1 Å². The van der Waals surface area contributed by atoms with Crippen molar-refractivity contribution in [3.05, 3.63) is 29.1 Å². The highest BCUT2D eigenvalue weighted by Gasteiger charge is 2.28. The molecule has 108 valence electrons. The van der Waals surface area contributed by atoms with Crippen LogP contribution in [0.5, 0.6) is 0 Å². The zero-order valence-electron chi connectivity index (χ0n) is 11.5. The number of hydrogen-bond donors (Lipinski definition) is 2. The van der Waals surface area contributed by atoms with E-state index in [9.17, 15) is 14.7 Å². The molecule has 6 nitrogen and oxygen atoms in total. The number of aliphatic hydroxyl groups excluding tert-OH is 1. The molecule has 2 unspecified atom stereocenters. The Morgan fingerprint density at radius 1 is 1.40 bits per heavy atom. The molecule has 2 rings (SSSR count). The molecule has 1 amide bonds. The molecule has 0 spiro atoms. The van der Waals surface area contributed by atoms with E-state index >= 15 is 0 Å². The van der Waals surface area contributed by atoms with Crippen LogP contribution in [0.4, 0.5) is 0 Å². The number of piperidine rings is 1. The van der Waals surface area contributed by atoms with Crippen molar-refractivity contribution in [2.24, 2.45) is 5.92 Å². The lowest BCUT2D eigenvalue weighted by Gasteiger charge is -2.34. The largest absolute Gasteiger partial charge is 0.478 e. The number of carboxylic acid groups (broad SMARTS) is 1. The molecule has 0 bridgehead atoms. The molecule has 1 aromatic rings. The van der Waals surface area contributed by atoms with Gasteiger partial charge in [0.2, 0.25) is 0 Å². The third-order valence-electron chi connectivity index (χ3n) is 3.68. The molecule has 1 aliphatic rings. The van der Waals surface area contributed by atoms with Crippen molar-refractivity contribution in [3.63, 3.8) is 0 Å². The van der Waals surface area contributed by atoms with Gasteiger partial charge in [-0.3, -0.25) is 4.79 Å². The van der Waals surface area contributed by atoms with E-state index in [1.807, 2.05) is 6.92 Å². The summed E-state index contributed by atoms with van der Waals surface area (Å²) in [5.41, 5.74) is 0.675. The molecule has 1 fully saturated rings. The van der Waals surface area contributed by atoms with E-state index in [2.05, 4.69) is 4.98 Å². The second kappa shape index (κ2) is 5.58. The standard InChI is InChI=1S/C14H18N2O4/c1-8-7-16(6-5-12(8)17)13(18)11-4-3-10(14(19)20)9(2)15-11/h3-4,8,12,17H,5-7H2,1-2H3,(H,19,20). The second-order valence-corrected chi connectivity index (χ2v) is 5.22. The van der Waals surface area contributed by atoms with Gasteiger partial charge < -0.3 is 15.1 Å². The fraction of sp³-hybridized carbons (Fsp3) is 0.500. The lowest BCUT2D eigenvalue weighted by molar-refractivity contribution is 0.0293. The number of aliphatic hydroxyl groups is 1. The normalized spacial score (nSPS) is 22.6. The maximum Gasteiger partial charge on any atom is 0.337 e. The SMILES string of the molecule is Cc1nc(C(=O)N2CCC(O)C(C)C2)ccc1C(=O)O. The molecule has 2 N–H and O–H groups in total. The Labute approximate surface area is 117 Å². The van der Waals surface area contributed by atoms with E-state index in [1.54, 1.807) is 11.8 Å². The first kappa shape index (κ1) is 14.5. The first-order valence-electron chi connectivity index (χ1n) is 6.58. The predicted octanol–water partition coefficient (Wildman–Crippen LogP) is 0.931. The summed E-state index contributed by atoms with van der Waals surface area (Å²) >= 11 is 0. The molecule has 2 atom stereocenters. The van der Waals surface area contributed by atoms with Gasteiger partial charge in [0.1, 0.15) is 5.69 Å². The highest BCUT2D eigenvalue weighted by Crippen LogP contribution is 2.18. The number of hydrogen-bond acceptors (Lipinski definition) is 4.